The molecule has 1 aliphatic heterocycles. The lowest BCUT2D eigenvalue weighted by molar-refractivity contribution is -0.135. The normalized spacial score (nSPS) is 21.8. The lowest BCUT2D eigenvalue weighted by Gasteiger charge is -2.26. The van der Waals surface area contributed by atoms with Crippen LogP contribution in [0.2, 0.25) is 0 Å². The first-order valence-electron chi connectivity index (χ1n) is 9.47. The van der Waals surface area contributed by atoms with Gasteiger partial charge in [-0.2, -0.15) is 0 Å². The number of carbonyl (C=O) groups excluding carboxylic acids is 1. The highest BCUT2D eigenvalue weighted by atomic mass is 16.2. The molecule has 1 saturated carbocycles. The van der Waals surface area contributed by atoms with E-state index in [1.54, 1.807) is 12.7 Å². The second-order valence-corrected chi connectivity index (χ2v) is 7.17. The summed E-state index contributed by atoms with van der Waals surface area (Å²) in [6.45, 7) is 4.50. The fourth-order valence-corrected chi connectivity index (χ4v) is 4.10. The Morgan fingerprint density at radius 3 is 2.84 bits per heavy atom. The molecule has 4 rings (SSSR count). The van der Waals surface area contributed by atoms with Crippen molar-refractivity contribution in [1.29, 1.82) is 0 Å². The molecule has 2 aromatic heterocycles. The van der Waals surface area contributed by atoms with Crippen LogP contribution in [0.1, 0.15) is 45.4 Å². The van der Waals surface area contributed by atoms with E-state index in [1.165, 1.54) is 19.3 Å². The summed E-state index contributed by atoms with van der Waals surface area (Å²) >= 11 is 0. The van der Waals surface area contributed by atoms with E-state index in [4.69, 9.17) is 0 Å². The van der Waals surface area contributed by atoms with E-state index >= 15 is 0 Å². The topological polar surface area (TPSA) is 75.9 Å². The number of hydrogen-bond donors (Lipinski definition) is 1. The third-order valence-electron chi connectivity index (χ3n) is 5.54. The highest BCUT2D eigenvalue weighted by Crippen LogP contribution is 2.27. The van der Waals surface area contributed by atoms with Gasteiger partial charge in [-0.3, -0.25) is 4.79 Å². The van der Waals surface area contributed by atoms with Crippen molar-refractivity contribution in [3.8, 4) is 0 Å². The predicted octanol–water partition coefficient (Wildman–Crippen LogP) is 2.44. The minimum atomic E-state index is 0.234. The van der Waals surface area contributed by atoms with Gasteiger partial charge in [0.25, 0.3) is 0 Å². The molecule has 0 radical (unpaired) electrons. The fourth-order valence-electron chi connectivity index (χ4n) is 4.10. The summed E-state index contributed by atoms with van der Waals surface area (Å²) in [5.41, 5.74) is 1.66. The summed E-state index contributed by atoms with van der Waals surface area (Å²) in [5, 5.41) is 3.49. The Kier molecular flexibility index (Phi) is 4.55. The maximum absolute atomic E-state index is 12.7. The Hall–Kier alpha value is -2.18. The number of carbonyl (C=O) groups is 1. The second-order valence-electron chi connectivity index (χ2n) is 7.17. The summed E-state index contributed by atoms with van der Waals surface area (Å²) in [6.07, 6.45) is 10.1. The molecule has 0 unspecified atom stereocenters. The summed E-state index contributed by atoms with van der Waals surface area (Å²) in [5.74, 6) is 1.37. The number of aryl methyl sites for hydroxylation is 1. The van der Waals surface area contributed by atoms with Gasteiger partial charge >= 0.3 is 0 Å². The smallest absolute Gasteiger partial charge is 0.225 e. The van der Waals surface area contributed by atoms with Gasteiger partial charge in [-0.05, 0) is 26.2 Å². The molecule has 2 aromatic rings. The molecule has 0 aromatic carbocycles. The van der Waals surface area contributed by atoms with Crippen molar-refractivity contribution in [2.24, 2.45) is 5.92 Å². The quantitative estimate of drug-likeness (QED) is 0.923. The Morgan fingerprint density at radius 1 is 1.20 bits per heavy atom. The van der Waals surface area contributed by atoms with Crippen LogP contribution in [0.15, 0.2) is 12.7 Å². The Morgan fingerprint density at radius 2 is 2.04 bits per heavy atom. The number of anilines is 1. The molecule has 134 valence electrons. The van der Waals surface area contributed by atoms with Crippen LogP contribution in [0.25, 0.3) is 11.2 Å². The molecule has 7 nitrogen and oxygen atoms in total. The van der Waals surface area contributed by atoms with Crippen molar-refractivity contribution < 1.29 is 4.79 Å². The number of nitrogens with one attached hydrogen (secondary N) is 1. The van der Waals surface area contributed by atoms with Crippen LogP contribution in [0.3, 0.4) is 0 Å². The number of fused-ring (bicyclic) bond motifs is 1. The number of hydrogen-bond acceptors (Lipinski definition) is 5. The molecule has 0 bridgehead atoms. The van der Waals surface area contributed by atoms with Gasteiger partial charge in [-0.25, -0.2) is 15.0 Å². The average Bonchev–Trinajstić information content (AvgIpc) is 3.29. The third kappa shape index (κ3) is 3.19. The molecule has 1 amide bonds. The Bertz CT molecular complexity index is 751. The van der Waals surface area contributed by atoms with Crippen LogP contribution in [0.5, 0.6) is 0 Å². The highest BCUT2D eigenvalue weighted by molar-refractivity contribution is 5.83. The average molecular weight is 342 g/mol. The zero-order chi connectivity index (χ0) is 17.2. The number of imidazole rings is 1. The van der Waals surface area contributed by atoms with E-state index in [9.17, 15) is 4.79 Å². The van der Waals surface area contributed by atoms with Gasteiger partial charge in [-0.15, -0.1) is 0 Å². The zero-order valence-electron chi connectivity index (χ0n) is 14.8. The van der Waals surface area contributed by atoms with E-state index in [-0.39, 0.29) is 12.0 Å². The molecule has 0 spiro atoms. The largest absolute Gasteiger partial charge is 0.364 e. The fraction of sp³-hybridized carbons (Fsp3) is 0.667. The lowest BCUT2D eigenvalue weighted by Crippen LogP contribution is -2.36. The number of likely N-dealkylation sites (tertiary alicyclic amines) is 1. The van der Waals surface area contributed by atoms with Gasteiger partial charge in [-0.1, -0.05) is 19.3 Å². The third-order valence-corrected chi connectivity index (χ3v) is 5.54. The molecule has 2 aliphatic rings. The molecule has 1 N–H and O–H groups in total. The second kappa shape index (κ2) is 6.98. The SMILES string of the molecule is CCn1cnc2c(N[C@H]3CCN(C(=O)C4CCCCC4)C3)ncnc21. The highest BCUT2D eigenvalue weighted by Gasteiger charge is 2.31. The van der Waals surface area contributed by atoms with Gasteiger partial charge in [0.1, 0.15) is 11.8 Å². The van der Waals surface area contributed by atoms with Crippen molar-refractivity contribution in [2.45, 2.75) is 58.0 Å². The molecule has 1 saturated heterocycles. The first-order chi connectivity index (χ1) is 12.3. The number of aromatic nitrogens is 4. The standard InChI is InChI=1S/C18H26N6O/c1-2-23-12-21-15-16(19-11-20-17(15)23)22-14-8-9-24(10-14)18(25)13-6-4-3-5-7-13/h11-14H,2-10H2,1H3,(H,19,20,22)/t14-/m0/s1. The Balaban J connectivity index is 1.43. The Labute approximate surface area is 147 Å². The van der Waals surface area contributed by atoms with Gasteiger partial charge in [0, 0.05) is 31.6 Å². The van der Waals surface area contributed by atoms with Gasteiger partial charge in [0.15, 0.2) is 11.5 Å². The maximum Gasteiger partial charge on any atom is 0.225 e. The first kappa shape index (κ1) is 16.3. The van der Waals surface area contributed by atoms with Crippen molar-refractivity contribution in [2.75, 3.05) is 18.4 Å². The number of rotatable bonds is 4. The molecule has 2 fully saturated rings. The molecule has 7 heteroatoms. The van der Waals surface area contributed by atoms with Crippen LogP contribution in [-0.4, -0.2) is 49.5 Å². The molecular weight excluding hydrogens is 316 g/mol. The van der Waals surface area contributed by atoms with Crippen LogP contribution in [-0.2, 0) is 11.3 Å². The van der Waals surface area contributed by atoms with E-state index in [2.05, 4.69) is 27.2 Å². The zero-order valence-corrected chi connectivity index (χ0v) is 14.8. The lowest BCUT2D eigenvalue weighted by atomic mass is 9.88. The summed E-state index contributed by atoms with van der Waals surface area (Å²) < 4.78 is 2.01. The monoisotopic (exact) mass is 342 g/mol. The molecule has 3 heterocycles. The van der Waals surface area contributed by atoms with Gasteiger partial charge in [0.2, 0.25) is 5.91 Å². The van der Waals surface area contributed by atoms with Crippen molar-refractivity contribution in [1.82, 2.24) is 24.4 Å². The molecule has 1 atom stereocenters. The van der Waals surface area contributed by atoms with Crippen LogP contribution < -0.4 is 5.32 Å². The van der Waals surface area contributed by atoms with Gasteiger partial charge < -0.3 is 14.8 Å². The van der Waals surface area contributed by atoms with Crippen LogP contribution in [0, 0.1) is 5.92 Å². The van der Waals surface area contributed by atoms with Crippen molar-refractivity contribution >= 4 is 22.9 Å². The van der Waals surface area contributed by atoms with E-state index in [1.807, 2.05) is 9.47 Å². The number of nitrogens with zero attached hydrogens (tertiary/aromatic N) is 5. The van der Waals surface area contributed by atoms with Crippen molar-refractivity contribution in [3.05, 3.63) is 12.7 Å². The molecule has 1 aliphatic carbocycles. The van der Waals surface area contributed by atoms with E-state index in [0.717, 1.165) is 55.9 Å². The maximum atomic E-state index is 12.7. The minimum Gasteiger partial charge on any atom is -0.364 e. The van der Waals surface area contributed by atoms with E-state index in [0.29, 0.717) is 5.91 Å². The minimum absolute atomic E-state index is 0.234. The predicted molar refractivity (Wildman–Crippen MR) is 96.2 cm³/mol. The molecular formula is C18H26N6O. The van der Waals surface area contributed by atoms with Gasteiger partial charge in [0.05, 0.1) is 6.33 Å². The van der Waals surface area contributed by atoms with Crippen molar-refractivity contribution in [3.63, 3.8) is 0 Å². The summed E-state index contributed by atoms with van der Waals surface area (Å²) in [6, 6.07) is 0.234. The number of amides is 1. The van der Waals surface area contributed by atoms with E-state index < -0.39 is 0 Å². The van der Waals surface area contributed by atoms with Crippen LogP contribution in [0.4, 0.5) is 5.82 Å². The summed E-state index contributed by atoms with van der Waals surface area (Å²) in [4.78, 5) is 27.9. The molecule has 25 heavy (non-hydrogen) atoms. The summed E-state index contributed by atoms with van der Waals surface area (Å²) in [7, 11) is 0. The first-order valence-corrected chi connectivity index (χ1v) is 9.47. The van der Waals surface area contributed by atoms with Crippen LogP contribution >= 0.6 is 0 Å².